The van der Waals surface area contributed by atoms with Crippen molar-refractivity contribution in [3.05, 3.63) is 30.1 Å². The monoisotopic (exact) mass is 576 g/mol. The van der Waals surface area contributed by atoms with E-state index in [2.05, 4.69) is 26.6 Å². The molecule has 1 unspecified atom stereocenters. The third kappa shape index (κ3) is 12.1. The zero-order valence-corrected chi connectivity index (χ0v) is 23.7. The number of carbonyl (C=O) groups excluding carboxylic acids is 3. The van der Waals surface area contributed by atoms with Gasteiger partial charge in [-0.2, -0.15) is 0 Å². The number of carbonyl (C=O) groups is 4. The third-order valence-electron chi connectivity index (χ3n) is 7.40. The molecule has 1 aromatic rings. The fourth-order valence-corrected chi connectivity index (χ4v) is 5.09. The van der Waals surface area contributed by atoms with Gasteiger partial charge in [-0.25, -0.2) is 0 Å². The van der Waals surface area contributed by atoms with Crippen molar-refractivity contribution in [1.29, 1.82) is 0 Å². The first-order valence-corrected chi connectivity index (χ1v) is 14.6. The summed E-state index contributed by atoms with van der Waals surface area (Å²) in [6.07, 6.45) is 11.3. The number of carboxylic acid groups (broad SMARTS) is 1. The molecule has 3 fully saturated rings. The summed E-state index contributed by atoms with van der Waals surface area (Å²) >= 11 is 0. The van der Waals surface area contributed by atoms with Gasteiger partial charge in [-0.3, -0.25) is 24.2 Å². The Hall–Kier alpha value is -3.09. The highest BCUT2D eigenvalue weighted by Gasteiger charge is 2.41. The van der Waals surface area contributed by atoms with E-state index in [4.69, 9.17) is 19.3 Å². The Morgan fingerprint density at radius 3 is 2.27 bits per heavy atom. The van der Waals surface area contributed by atoms with Crippen LogP contribution >= 0.6 is 0 Å². The Balaban J connectivity index is 0.000000257. The number of aromatic nitrogens is 1. The largest absolute Gasteiger partial charge is 0.481 e. The van der Waals surface area contributed by atoms with E-state index in [0.717, 1.165) is 6.42 Å². The van der Waals surface area contributed by atoms with Crippen LogP contribution in [0.1, 0.15) is 69.4 Å². The standard InChI is InChI=1S/C17H30N2O7.C12H14N2O/c20-13-18-6-8-25-10-12-26-11-9-24-7-5-16(21)19-15-3-1-14(2-4-15)17(22)23;15-12-6-5-11(14(12)10-3-4-10)9-2-1-7-13-8-9/h13-15H,1-12H2,(H,18,20)(H,19,21)(H,22,23);1-2,7-8,10-11H,3-6H2. The van der Waals surface area contributed by atoms with Crippen LogP contribution in [0, 0.1) is 5.92 Å². The Bertz CT molecular complexity index is 938. The third-order valence-corrected chi connectivity index (χ3v) is 7.40. The molecule has 12 heteroatoms. The summed E-state index contributed by atoms with van der Waals surface area (Å²) in [5.41, 5.74) is 1.19. The Morgan fingerprint density at radius 2 is 1.66 bits per heavy atom. The van der Waals surface area contributed by atoms with E-state index in [1.165, 1.54) is 18.4 Å². The predicted octanol–water partition coefficient (Wildman–Crippen LogP) is 1.84. The molecule has 3 amide bonds. The topological polar surface area (TPSA) is 156 Å². The van der Waals surface area contributed by atoms with Crippen LogP contribution in [-0.4, -0.2) is 97.5 Å². The minimum Gasteiger partial charge on any atom is -0.481 e. The molecule has 0 aromatic carbocycles. The van der Waals surface area contributed by atoms with Crippen LogP contribution in [0.15, 0.2) is 24.5 Å². The van der Waals surface area contributed by atoms with Gasteiger partial charge in [0.15, 0.2) is 0 Å². The maximum atomic E-state index is 11.8. The molecular formula is C29H44N4O8. The van der Waals surface area contributed by atoms with Gasteiger partial charge in [0.2, 0.25) is 18.2 Å². The van der Waals surface area contributed by atoms with Gasteiger partial charge in [-0.05, 0) is 56.6 Å². The SMILES string of the molecule is O=C1CCC(c2cccnc2)N1C1CC1.O=CNCCOCCOCCOCCC(=O)NC1CCC(C(=O)O)CC1. The molecule has 12 nitrogen and oxygen atoms in total. The van der Waals surface area contributed by atoms with Gasteiger partial charge in [-0.1, -0.05) is 6.07 Å². The number of nitrogens with one attached hydrogen (secondary N) is 2. The summed E-state index contributed by atoms with van der Waals surface area (Å²) < 4.78 is 15.9. The first-order chi connectivity index (χ1) is 20.0. The lowest BCUT2D eigenvalue weighted by molar-refractivity contribution is -0.143. The second-order valence-electron chi connectivity index (χ2n) is 10.5. The molecule has 228 valence electrons. The highest BCUT2D eigenvalue weighted by atomic mass is 16.5. The van der Waals surface area contributed by atoms with Crippen molar-refractivity contribution >= 4 is 24.2 Å². The van der Waals surface area contributed by atoms with E-state index in [-0.39, 0.29) is 24.3 Å². The normalized spacial score (nSPS) is 22.0. The van der Waals surface area contributed by atoms with Crippen LogP contribution in [-0.2, 0) is 33.4 Å². The van der Waals surface area contributed by atoms with E-state index in [1.807, 2.05) is 12.3 Å². The van der Waals surface area contributed by atoms with E-state index in [9.17, 15) is 19.2 Å². The number of rotatable bonds is 17. The number of ether oxygens (including phenoxy) is 3. The molecule has 2 saturated carbocycles. The fourth-order valence-electron chi connectivity index (χ4n) is 5.09. The lowest BCUT2D eigenvalue weighted by Crippen LogP contribution is -2.39. The summed E-state index contributed by atoms with van der Waals surface area (Å²) in [4.78, 5) is 50.7. The highest BCUT2D eigenvalue weighted by Crippen LogP contribution is 2.41. The van der Waals surface area contributed by atoms with Gasteiger partial charge >= 0.3 is 5.97 Å². The number of amides is 3. The average molecular weight is 577 g/mol. The maximum absolute atomic E-state index is 11.8. The van der Waals surface area contributed by atoms with Crippen LogP contribution in [0.2, 0.25) is 0 Å². The smallest absolute Gasteiger partial charge is 0.306 e. The van der Waals surface area contributed by atoms with E-state index < -0.39 is 5.97 Å². The minimum absolute atomic E-state index is 0.0676. The Morgan fingerprint density at radius 1 is 0.976 bits per heavy atom. The van der Waals surface area contributed by atoms with E-state index >= 15 is 0 Å². The van der Waals surface area contributed by atoms with Gasteiger partial charge in [0.1, 0.15) is 0 Å². The first-order valence-electron chi connectivity index (χ1n) is 14.6. The molecule has 1 aliphatic heterocycles. The van der Waals surface area contributed by atoms with Crippen molar-refractivity contribution < 1.29 is 38.5 Å². The van der Waals surface area contributed by atoms with Gasteiger partial charge in [-0.15, -0.1) is 0 Å². The van der Waals surface area contributed by atoms with Crippen molar-refractivity contribution in [1.82, 2.24) is 20.5 Å². The molecule has 41 heavy (non-hydrogen) atoms. The number of likely N-dealkylation sites (tertiary alicyclic amines) is 1. The Kier molecular flexibility index (Phi) is 14.5. The molecule has 0 radical (unpaired) electrons. The second-order valence-corrected chi connectivity index (χ2v) is 10.5. The van der Waals surface area contributed by atoms with Crippen LogP contribution in [0.3, 0.4) is 0 Å². The maximum Gasteiger partial charge on any atom is 0.306 e. The second kappa shape index (κ2) is 18.4. The minimum atomic E-state index is -0.744. The van der Waals surface area contributed by atoms with Crippen molar-refractivity contribution in [2.75, 3.05) is 46.2 Å². The number of carboxylic acids is 1. The van der Waals surface area contributed by atoms with Crippen LogP contribution < -0.4 is 10.6 Å². The molecule has 2 heterocycles. The van der Waals surface area contributed by atoms with Crippen LogP contribution in [0.4, 0.5) is 0 Å². The van der Waals surface area contributed by atoms with E-state index in [1.54, 1.807) is 6.20 Å². The van der Waals surface area contributed by atoms with Crippen molar-refractivity contribution in [2.45, 2.75) is 75.9 Å². The molecule has 3 N–H and O–H groups in total. The number of pyridine rings is 1. The van der Waals surface area contributed by atoms with E-state index in [0.29, 0.717) is 103 Å². The first kappa shape index (κ1) is 32.4. The predicted molar refractivity (Wildman–Crippen MR) is 149 cm³/mol. The summed E-state index contributed by atoms with van der Waals surface area (Å²) in [7, 11) is 0. The summed E-state index contributed by atoms with van der Waals surface area (Å²) in [6, 6.07) is 4.90. The molecule has 1 atom stereocenters. The van der Waals surface area contributed by atoms with Crippen molar-refractivity contribution in [3.63, 3.8) is 0 Å². The van der Waals surface area contributed by atoms with Gasteiger partial charge in [0.25, 0.3) is 0 Å². The molecule has 4 rings (SSSR count). The number of hydrogen-bond donors (Lipinski definition) is 3. The molecule has 0 spiro atoms. The summed E-state index contributed by atoms with van der Waals surface area (Å²) in [5.74, 6) is -0.759. The number of nitrogens with zero attached hydrogens (tertiary/aromatic N) is 2. The molecule has 2 aliphatic carbocycles. The molecule has 0 bridgehead atoms. The van der Waals surface area contributed by atoms with Crippen molar-refractivity contribution in [3.8, 4) is 0 Å². The van der Waals surface area contributed by atoms with Gasteiger partial charge < -0.3 is 34.9 Å². The highest BCUT2D eigenvalue weighted by molar-refractivity contribution is 5.79. The zero-order chi connectivity index (χ0) is 29.3. The molecule has 1 saturated heterocycles. The van der Waals surface area contributed by atoms with Crippen molar-refractivity contribution in [2.24, 2.45) is 5.92 Å². The summed E-state index contributed by atoms with van der Waals surface area (Å²) in [6.45, 7) is 2.99. The lowest BCUT2D eigenvalue weighted by atomic mass is 9.86. The molecular weight excluding hydrogens is 532 g/mol. The Labute approximate surface area is 241 Å². The van der Waals surface area contributed by atoms with Gasteiger partial charge in [0.05, 0.1) is 51.6 Å². The number of hydrogen-bond acceptors (Lipinski definition) is 8. The zero-order valence-electron chi connectivity index (χ0n) is 23.7. The number of aliphatic carboxylic acids is 1. The molecule has 1 aromatic heterocycles. The lowest BCUT2D eigenvalue weighted by Gasteiger charge is -2.26. The average Bonchev–Trinajstić information content (AvgIpc) is 3.75. The summed E-state index contributed by atoms with van der Waals surface area (Å²) in [5, 5.41) is 14.4. The quantitative estimate of drug-likeness (QED) is 0.186. The van der Waals surface area contributed by atoms with Crippen LogP contribution in [0.5, 0.6) is 0 Å². The molecule has 3 aliphatic rings. The fraction of sp³-hybridized carbons (Fsp3) is 0.690. The van der Waals surface area contributed by atoms with Gasteiger partial charge in [0, 0.05) is 43.9 Å². The van der Waals surface area contributed by atoms with Crippen LogP contribution in [0.25, 0.3) is 0 Å².